The number of halogens is 1. The normalized spacial score (nSPS) is 12.8. The highest BCUT2D eigenvalue weighted by atomic mass is 35.5. The molecule has 0 aliphatic heterocycles. The Hall–Kier alpha value is -1.39. The maximum Gasteiger partial charge on any atom is 0.0900 e. The molecule has 0 spiro atoms. The van der Waals surface area contributed by atoms with Crippen molar-refractivity contribution < 1.29 is 9.84 Å². The summed E-state index contributed by atoms with van der Waals surface area (Å²) in [6.07, 6.45) is -0.529. The molecule has 130 valence electrons. The molecule has 0 aromatic heterocycles. The van der Waals surface area contributed by atoms with Crippen LogP contribution in [-0.2, 0) is 17.9 Å². The van der Waals surface area contributed by atoms with Crippen LogP contribution >= 0.6 is 11.6 Å². The smallest absolute Gasteiger partial charge is 0.0900 e. The third-order valence-corrected chi connectivity index (χ3v) is 4.30. The Labute approximate surface area is 149 Å². The van der Waals surface area contributed by atoms with Gasteiger partial charge in [-0.2, -0.15) is 0 Å². The number of rotatable bonds is 9. The van der Waals surface area contributed by atoms with E-state index < -0.39 is 6.10 Å². The molecule has 0 aliphatic rings. The standard InChI is InChI=1S/C20H26ClNO2/c1-16(2)22(12-17-8-4-3-5-9-17)13-19(23)15-24-14-18-10-6-7-11-20(18)21/h3-11,16,19,23H,12-15H2,1-2H3. The van der Waals surface area contributed by atoms with Gasteiger partial charge in [-0.3, -0.25) is 4.90 Å². The van der Waals surface area contributed by atoms with E-state index in [2.05, 4.69) is 30.9 Å². The van der Waals surface area contributed by atoms with Crippen molar-refractivity contribution >= 4 is 11.6 Å². The Bertz CT molecular complexity index is 604. The summed E-state index contributed by atoms with van der Waals surface area (Å²) < 4.78 is 5.63. The highest BCUT2D eigenvalue weighted by Gasteiger charge is 2.15. The van der Waals surface area contributed by atoms with Gasteiger partial charge in [-0.1, -0.05) is 60.1 Å². The van der Waals surface area contributed by atoms with E-state index in [9.17, 15) is 5.11 Å². The molecule has 0 saturated heterocycles. The molecule has 0 fully saturated rings. The van der Waals surface area contributed by atoms with Crippen molar-refractivity contribution in [1.29, 1.82) is 0 Å². The van der Waals surface area contributed by atoms with Crippen LogP contribution in [0.4, 0.5) is 0 Å². The molecule has 4 heteroatoms. The van der Waals surface area contributed by atoms with Crippen molar-refractivity contribution in [3.05, 3.63) is 70.7 Å². The van der Waals surface area contributed by atoms with Crippen molar-refractivity contribution in [3.63, 3.8) is 0 Å². The summed E-state index contributed by atoms with van der Waals surface area (Å²) in [4.78, 5) is 2.25. The number of hydrogen-bond donors (Lipinski definition) is 1. The van der Waals surface area contributed by atoms with E-state index in [4.69, 9.17) is 16.3 Å². The lowest BCUT2D eigenvalue weighted by molar-refractivity contribution is 0.00316. The molecule has 24 heavy (non-hydrogen) atoms. The van der Waals surface area contributed by atoms with Crippen molar-refractivity contribution in [2.24, 2.45) is 0 Å². The van der Waals surface area contributed by atoms with Crippen LogP contribution in [0.1, 0.15) is 25.0 Å². The van der Waals surface area contributed by atoms with Gasteiger partial charge in [0.2, 0.25) is 0 Å². The van der Waals surface area contributed by atoms with Gasteiger partial charge in [-0.05, 0) is 31.0 Å². The molecule has 0 radical (unpaired) electrons. The fourth-order valence-corrected chi connectivity index (χ4v) is 2.71. The van der Waals surface area contributed by atoms with Crippen LogP contribution in [0.25, 0.3) is 0 Å². The molecule has 0 amide bonds. The summed E-state index contributed by atoms with van der Waals surface area (Å²) >= 11 is 6.10. The topological polar surface area (TPSA) is 32.7 Å². The zero-order valence-electron chi connectivity index (χ0n) is 14.4. The maximum absolute atomic E-state index is 10.3. The van der Waals surface area contributed by atoms with E-state index in [1.165, 1.54) is 5.56 Å². The Morgan fingerprint density at radius 1 is 1.04 bits per heavy atom. The van der Waals surface area contributed by atoms with Crippen LogP contribution in [0.5, 0.6) is 0 Å². The molecule has 1 unspecified atom stereocenters. The zero-order valence-corrected chi connectivity index (χ0v) is 15.1. The monoisotopic (exact) mass is 347 g/mol. The van der Waals surface area contributed by atoms with Gasteiger partial charge in [0.25, 0.3) is 0 Å². The number of nitrogens with zero attached hydrogens (tertiary/aromatic N) is 1. The van der Waals surface area contributed by atoms with E-state index in [0.29, 0.717) is 30.8 Å². The van der Waals surface area contributed by atoms with Crippen molar-refractivity contribution in [3.8, 4) is 0 Å². The van der Waals surface area contributed by atoms with E-state index in [-0.39, 0.29) is 0 Å². The third kappa shape index (κ3) is 6.25. The fourth-order valence-electron chi connectivity index (χ4n) is 2.52. The molecule has 2 rings (SSSR count). The van der Waals surface area contributed by atoms with Crippen LogP contribution in [0.2, 0.25) is 5.02 Å². The first-order valence-corrected chi connectivity index (χ1v) is 8.71. The molecular formula is C20H26ClNO2. The minimum absolute atomic E-state index is 0.295. The maximum atomic E-state index is 10.3. The number of aliphatic hydroxyl groups excluding tert-OH is 1. The van der Waals surface area contributed by atoms with E-state index >= 15 is 0 Å². The first-order valence-electron chi connectivity index (χ1n) is 8.33. The van der Waals surface area contributed by atoms with Crippen LogP contribution in [0, 0.1) is 0 Å². The second kappa shape index (κ2) is 9.80. The molecule has 3 nitrogen and oxygen atoms in total. The van der Waals surface area contributed by atoms with Crippen molar-refractivity contribution in [2.45, 2.75) is 39.1 Å². The lowest BCUT2D eigenvalue weighted by Gasteiger charge is -2.28. The van der Waals surface area contributed by atoms with Crippen LogP contribution in [0.15, 0.2) is 54.6 Å². The van der Waals surface area contributed by atoms with E-state index in [1.54, 1.807) is 0 Å². The molecule has 0 bridgehead atoms. The predicted octanol–water partition coefficient (Wildman–Crippen LogP) is 4.13. The van der Waals surface area contributed by atoms with Gasteiger partial charge in [0.1, 0.15) is 0 Å². The number of ether oxygens (including phenoxy) is 1. The minimum atomic E-state index is -0.529. The highest BCUT2D eigenvalue weighted by molar-refractivity contribution is 6.31. The summed E-state index contributed by atoms with van der Waals surface area (Å²) in [5.74, 6) is 0. The molecule has 1 N–H and O–H groups in total. The lowest BCUT2D eigenvalue weighted by atomic mass is 10.1. The first-order chi connectivity index (χ1) is 11.6. The fraction of sp³-hybridized carbons (Fsp3) is 0.400. The van der Waals surface area contributed by atoms with Gasteiger partial charge in [0, 0.05) is 24.2 Å². The third-order valence-electron chi connectivity index (χ3n) is 3.93. The largest absolute Gasteiger partial charge is 0.389 e. The Balaban J connectivity index is 1.80. The molecule has 0 heterocycles. The van der Waals surface area contributed by atoms with E-state index in [0.717, 1.165) is 12.1 Å². The second-order valence-corrected chi connectivity index (χ2v) is 6.68. The highest BCUT2D eigenvalue weighted by Crippen LogP contribution is 2.16. The van der Waals surface area contributed by atoms with Gasteiger partial charge in [-0.25, -0.2) is 0 Å². The van der Waals surface area contributed by atoms with Crippen LogP contribution in [-0.4, -0.2) is 35.3 Å². The van der Waals surface area contributed by atoms with Crippen molar-refractivity contribution in [2.75, 3.05) is 13.2 Å². The van der Waals surface area contributed by atoms with Gasteiger partial charge in [-0.15, -0.1) is 0 Å². The van der Waals surface area contributed by atoms with E-state index in [1.807, 2.05) is 42.5 Å². The second-order valence-electron chi connectivity index (χ2n) is 6.27. The van der Waals surface area contributed by atoms with Gasteiger partial charge in [0.15, 0.2) is 0 Å². The zero-order chi connectivity index (χ0) is 17.4. The molecule has 0 saturated carbocycles. The number of aliphatic hydroxyl groups is 1. The first kappa shape index (κ1) is 18.9. The molecule has 2 aromatic rings. The lowest BCUT2D eigenvalue weighted by Crippen LogP contribution is -2.38. The Morgan fingerprint density at radius 3 is 2.38 bits per heavy atom. The number of hydrogen-bond acceptors (Lipinski definition) is 3. The average Bonchev–Trinajstić information content (AvgIpc) is 2.57. The van der Waals surface area contributed by atoms with Gasteiger partial charge < -0.3 is 9.84 Å². The molecule has 1 atom stereocenters. The predicted molar refractivity (Wildman–Crippen MR) is 99.1 cm³/mol. The van der Waals surface area contributed by atoms with Crippen molar-refractivity contribution in [1.82, 2.24) is 4.90 Å². The van der Waals surface area contributed by atoms with Gasteiger partial charge >= 0.3 is 0 Å². The van der Waals surface area contributed by atoms with Crippen LogP contribution < -0.4 is 0 Å². The summed E-state index contributed by atoms with van der Waals surface area (Å²) in [5.41, 5.74) is 2.19. The summed E-state index contributed by atoms with van der Waals surface area (Å²) in [5, 5.41) is 11.0. The summed E-state index contributed by atoms with van der Waals surface area (Å²) in [6.45, 7) is 6.38. The SMILES string of the molecule is CC(C)N(Cc1ccccc1)CC(O)COCc1ccccc1Cl. The van der Waals surface area contributed by atoms with Gasteiger partial charge in [0.05, 0.1) is 19.3 Å². The summed E-state index contributed by atoms with van der Waals surface area (Å²) in [6, 6.07) is 18.3. The Kier molecular flexibility index (Phi) is 7.73. The summed E-state index contributed by atoms with van der Waals surface area (Å²) in [7, 11) is 0. The molecule has 0 aliphatic carbocycles. The molecule has 2 aromatic carbocycles. The number of benzene rings is 2. The van der Waals surface area contributed by atoms with Crippen LogP contribution in [0.3, 0.4) is 0 Å². The molecular weight excluding hydrogens is 322 g/mol. The minimum Gasteiger partial charge on any atom is -0.389 e. The quantitative estimate of drug-likeness (QED) is 0.740. The Morgan fingerprint density at radius 2 is 1.71 bits per heavy atom. The average molecular weight is 348 g/mol.